The summed E-state index contributed by atoms with van der Waals surface area (Å²) < 4.78 is 13.6. The van der Waals surface area contributed by atoms with Crippen molar-refractivity contribution >= 4 is 11.7 Å². The molecule has 1 aromatic carbocycles. The minimum Gasteiger partial charge on any atom is -0.478 e. The van der Waals surface area contributed by atoms with Crippen molar-refractivity contribution in [2.75, 3.05) is 5.32 Å². The number of rotatable bonds is 3. The molecule has 104 valence electrons. The van der Waals surface area contributed by atoms with Gasteiger partial charge in [0.15, 0.2) is 0 Å². The molecule has 0 heterocycles. The van der Waals surface area contributed by atoms with Crippen LogP contribution in [0.25, 0.3) is 0 Å². The fourth-order valence-electron chi connectivity index (χ4n) is 2.70. The number of carboxylic acid groups (broad SMARTS) is 1. The highest BCUT2D eigenvalue weighted by atomic mass is 19.1. The fourth-order valence-corrected chi connectivity index (χ4v) is 2.70. The van der Waals surface area contributed by atoms with E-state index >= 15 is 0 Å². The molecule has 0 spiro atoms. The number of nitrogens with one attached hydrogen (secondary N) is 1. The smallest absolute Gasteiger partial charge is 0.338 e. The van der Waals surface area contributed by atoms with Crippen molar-refractivity contribution in [2.45, 2.75) is 45.1 Å². The van der Waals surface area contributed by atoms with E-state index in [1.807, 2.05) is 0 Å². The molecule has 1 aliphatic carbocycles. The van der Waals surface area contributed by atoms with E-state index in [9.17, 15) is 9.18 Å². The number of halogens is 1. The van der Waals surface area contributed by atoms with Crippen molar-refractivity contribution in [3.8, 4) is 0 Å². The quantitative estimate of drug-likeness (QED) is 0.815. The summed E-state index contributed by atoms with van der Waals surface area (Å²) in [6.45, 7) is 2.21. The van der Waals surface area contributed by atoms with Crippen molar-refractivity contribution in [1.29, 1.82) is 0 Å². The number of benzene rings is 1. The van der Waals surface area contributed by atoms with Crippen molar-refractivity contribution in [1.82, 2.24) is 0 Å². The van der Waals surface area contributed by atoms with Gasteiger partial charge in [0, 0.05) is 11.7 Å². The van der Waals surface area contributed by atoms with Crippen LogP contribution in [0.15, 0.2) is 18.2 Å². The summed E-state index contributed by atoms with van der Waals surface area (Å²) in [5, 5.41) is 12.1. The minimum absolute atomic E-state index is 0.278. The lowest BCUT2D eigenvalue weighted by atomic mass is 9.96. The van der Waals surface area contributed by atoms with Gasteiger partial charge in [-0.3, -0.25) is 0 Å². The summed E-state index contributed by atoms with van der Waals surface area (Å²) in [6.07, 6.45) is 5.98. The van der Waals surface area contributed by atoms with E-state index in [4.69, 9.17) is 5.11 Å². The maximum atomic E-state index is 13.6. The summed E-state index contributed by atoms with van der Waals surface area (Å²) in [6, 6.07) is 4.59. The Morgan fingerprint density at radius 2 is 2.05 bits per heavy atom. The van der Waals surface area contributed by atoms with Crippen LogP contribution in [-0.4, -0.2) is 17.1 Å². The number of carbonyl (C=O) groups is 1. The molecule has 19 heavy (non-hydrogen) atoms. The zero-order chi connectivity index (χ0) is 13.8. The van der Waals surface area contributed by atoms with Gasteiger partial charge in [-0.05, 0) is 37.0 Å². The second kappa shape index (κ2) is 6.04. The van der Waals surface area contributed by atoms with Gasteiger partial charge in [0.1, 0.15) is 5.82 Å². The van der Waals surface area contributed by atoms with Crippen LogP contribution in [0.2, 0.25) is 0 Å². The Labute approximate surface area is 112 Å². The molecule has 0 amide bonds. The van der Waals surface area contributed by atoms with E-state index < -0.39 is 11.8 Å². The molecule has 1 aromatic rings. The molecular formula is C15H20FNO2. The highest BCUT2D eigenvalue weighted by Gasteiger charge is 2.20. The molecule has 2 N–H and O–H groups in total. The lowest BCUT2D eigenvalue weighted by Gasteiger charge is -2.24. The van der Waals surface area contributed by atoms with E-state index in [0.29, 0.717) is 17.6 Å². The van der Waals surface area contributed by atoms with Gasteiger partial charge in [-0.15, -0.1) is 0 Å². The molecular weight excluding hydrogens is 245 g/mol. The molecule has 0 bridgehead atoms. The van der Waals surface area contributed by atoms with Crippen LogP contribution in [0, 0.1) is 11.7 Å². The lowest BCUT2D eigenvalue weighted by molar-refractivity contribution is 0.0692. The van der Waals surface area contributed by atoms with Crippen LogP contribution >= 0.6 is 0 Å². The second-order valence-corrected chi connectivity index (χ2v) is 5.37. The Morgan fingerprint density at radius 1 is 1.32 bits per heavy atom. The number of carboxylic acids is 1. The predicted octanol–water partition coefficient (Wildman–Crippen LogP) is 3.90. The van der Waals surface area contributed by atoms with E-state index in [-0.39, 0.29) is 5.56 Å². The first kappa shape index (κ1) is 13.8. The van der Waals surface area contributed by atoms with Crippen LogP contribution in [-0.2, 0) is 0 Å². The van der Waals surface area contributed by atoms with Crippen molar-refractivity contribution < 1.29 is 14.3 Å². The molecule has 4 heteroatoms. The van der Waals surface area contributed by atoms with Crippen molar-refractivity contribution in [3.63, 3.8) is 0 Å². The molecule has 0 aromatic heterocycles. The molecule has 1 fully saturated rings. The SMILES string of the molecule is CC1CCCCCC1Nc1ccc(C(=O)O)c(F)c1. The van der Waals surface area contributed by atoms with Crippen molar-refractivity contribution in [3.05, 3.63) is 29.6 Å². The standard InChI is InChI=1S/C15H20FNO2/c1-10-5-3-2-4-6-14(10)17-11-7-8-12(15(18)19)13(16)9-11/h7-10,14,17H,2-6H2,1H3,(H,18,19). The maximum Gasteiger partial charge on any atom is 0.338 e. The van der Waals surface area contributed by atoms with Gasteiger partial charge < -0.3 is 10.4 Å². The van der Waals surface area contributed by atoms with Gasteiger partial charge in [-0.2, -0.15) is 0 Å². The van der Waals surface area contributed by atoms with Gasteiger partial charge >= 0.3 is 5.97 Å². The van der Waals surface area contributed by atoms with E-state index in [1.165, 1.54) is 37.8 Å². The Morgan fingerprint density at radius 3 is 2.74 bits per heavy atom. The van der Waals surface area contributed by atoms with Crippen LogP contribution in [0.3, 0.4) is 0 Å². The van der Waals surface area contributed by atoms with Gasteiger partial charge in [-0.25, -0.2) is 9.18 Å². The first-order chi connectivity index (χ1) is 9.08. The molecule has 2 rings (SSSR count). The zero-order valence-corrected chi connectivity index (χ0v) is 11.2. The predicted molar refractivity (Wildman–Crippen MR) is 73.0 cm³/mol. The summed E-state index contributed by atoms with van der Waals surface area (Å²) in [7, 11) is 0. The molecule has 2 atom stereocenters. The largest absolute Gasteiger partial charge is 0.478 e. The minimum atomic E-state index is -1.23. The van der Waals surface area contributed by atoms with Crippen LogP contribution in [0.1, 0.15) is 49.4 Å². The number of anilines is 1. The van der Waals surface area contributed by atoms with Gasteiger partial charge in [0.2, 0.25) is 0 Å². The summed E-state index contributed by atoms with van der Waals surface area (Å²) >= 11 is 0. The first-order valence-electron chi connectivity index (χ1n) is 6.87. The Kier molecular flexibility index (Phi) is 4.40. The Bertz CT molecular complexity index is 461. The highest BCUT2D eigenvalue weighted by Crippen LogP contribution is 2.26. The molecule has 0 radical (unpaired) electrons. The lowest BCUT2D eigenvalue weighted by Crippen LogP contribution is -2.26. The third kappa shape index (κ3) is 3.46. The monoisotopic (exact) mass is 265 g/mol. The topological polar surface area (TPSA) is 49.3 Å². The number of hydrogen-bond donors (Lipinski definition) is 2. The molecule has 0 aliphatic heterocycles. The molecule has 1 aliphatic rings. The second-order valence-electron chi connectivity index (χ2n) is 5.37. The van der Waals surface area contributed by atoms with Gasteiger partial charge in [0.25, 0.3) is 0 Å². The number of hydrogen-bond acceptors (Lipinski definition) is 2. The van der Waals surface area contributed by atoms with Gasteiger partial charge in [-0.1, -0.05) is 26.2 Å². The highest BCUT2D eigenvalue weighted by molar-refractivity contribution is 5.88. The summed E-state index contributed by atoms with van der Waals surface area (Å²) in [5.41, 5.74) is 0.390. The van der Waals surface area contributed by atoms with Crippen LogP contribution < -0.4 is 5.32 Å². The fraction of sp³-hybridized carbons (Fsp3) is 0.533. The average Bonchev–Trinajstić information content (AvgIpc) is 2.55. The zero-order valence-electron chi connectivity index (χ0n) is 11.2. The third-order valence-electron chi connectivity index (χ3n) is 3.91. The number of aromatic carboxylic acids is 1. The normalized spacial score (nSPS) is 23.7. The third-order valence-corrected chi connectivity index (χ3v) is 3.91. The average molecular weight is 265 g/mol. The van der Waals surface area contributed by atoms with E-state index in [0.717, 1.165) is 6.42 Å². The summed E-state index contributed by atoms with van der Waals surface area (Å²) in [4.78, 5) is 10.8. The molecule has 1 saturated carbocycles. The van der Waals surface area contributed by atoms with Gasteiger partial charge in [0.05, 0.1) is 5.56 Å². The summed E-state index contributed by atoms with van der Waals surface area (Å²) in [5.74, 6) is -1.35. The molecule has 2 unspecified atom stereocenters. The van der Waals surface area contributed by atoms with Crippen molar-refractivity contribution in [2.24, 2.45) is 5.92 Å². The molecule has 0 saturated heterocycles. The molecule has 3 nitrogen and oxygen atoms in total. The van der Waals surface area contributed by atoms with E-state index in [1.54, 1.807) is 6.07 Å². The van der Waals surface area contributed by atoms with Crippen LogP contribution in [0.5, 0.6) is 0 Å². The first-order valence-corrected chi connectivity index (χ1v) is 6.87. The van der Waals surface area contributed by atoms with E-state index in [2.05, 4.69) is 12.2 Å². The Balaban J connectivity index is 2.10. The van der Waals surface area contributed by atoms with Crippen LogP contribution in [0.4, 0.5) is 10.1 Å². The Hall–Kier alpha value is -1.58. The maximum absolute atomic E-state index is 13.6.